The van der Waals surface area contributed by atoms with Gasteiger partial charge in [0.15, 0.2) is 12.2 Å². The van der Waals surface area contributed by atoms with Crippen LogP contribution in [0.1, 0.15) is 166 Å². The van der Waals surface area contributed by atoms with Crippen LogP contribution in [0.25, 0.3) is 0 Å². The van der Waals surface area contributed by atoms with Crippen LogP contribution >= 0.6 is 0 Å². The molecule has 0 saturated carbocycles. The highest BCUT2D eigenvalue weighted by molar-refractivity contribution is 5.78. The number of hydrogen-bond donors (Lipinski definition) is 0. The molecule has 0 bridgehead atoms. The number of isocyanates is 2. The highest BCUT2D eigenvalue weighted by Gasteiger charge is 2.24. The standard InChI is InChI=1S/C40H64N2O8/c1-7-9-11-13-15-17-19-21-23-25-47-39(45)33(5)49-27-35-31(3)37(41-29-43)38(42-30-44)32(4)36(35)28-50-34(6)40(46)48-26-24-22-20-18-16-14-12-10-8-2/h33-34H,7-28H2,1-6H3/t33-,34-/m0/s1. The summed E-state index contributed by atoms with van der Waals surface area (Å²) >= 11 is 0. The van der Waals surface area contributed by atoms with Gasteiger partial charge in [0, 0.05) is 0 Å². The molecule has 1 aromatic rings. The summed E-state index contributed by atoms with van der Waals surface area (Å²) in [5, 5.41) is 0. The molecule has 0 aliphatic rings. The summed E-state index contributed by atoms with van der Waals surface area (Å²) in [6.45, 7) is 11.7. The van der Waals surface area contributed by atoms with E-state index < -0.39 is 24.1 Å². The van der Waals surface area contributed by atoms with Crippen molar-refractivity contribution in [2.24, 2.45) is 9.98 Å². The van der Waals surface area contributed by atoms with Gasteiger partial charge in [-0.1, -0.05) is 117 Å². The molecule has 0 radical (unpaired) electrons. The van der Waals surface area contributed by atoms with Gasteiger partial charge in [0.25, 0.3) is 0 Å². The van der Waals surface area contributed by atoms with Crippen LogP contribution in [0.5, 0.6) is 0 Å². The van der Waals surface area contributed by atoms with Gasteiger partial charge in [-0.3, -0.25) is 0 Å². The molecule has 0 aliphatic heterocycles. The summed E-state index contributed by atoms with van der Waals surface area (Å²) in [7, 11) is 0. The number of rotatable bonds is 30. The Balaban J connectivity index is 2.77. The first-order valence-electron chi connectivity index (χ1n) is 19.1. The first-order valence-corrected chi connectivity index (χ1v) is 19.1. The molecule has 0 aliphatic carbocycles. The Morgan fingerprint density at radius 1 is 0.540 bits per heavy atom. The smallest absolute Gasteiger partial charge is 0.334 e. The summed E-state index contributed by atoms with van der Waals surface area (Å²) in [6, 6.07) is 0. The van der Waals surface area contributed by atoms with Gasteiger partial charge in [-0.25, -0.2) is 19.2 Å². The van der Waals surface area contributed by atoms with Gasteiger partial charge in [0.1, 0.15) is 11.4 Å². The molecule has 0 saturated heterocycles. The number of benzene rings is 1. The highest BCUT2D eigenvalue weighted by Crippen LogP contribution is 2.40. The van der Waals surface area contributed by atoms with Crippen molar-refractivity contribution in [2.75, 3.05) is 13.2 Å². The average Bonchev–Trinajstić information content (AvgIpc) is 3.11. The van der Waals surface area contributed by atoms with Crippen molar-refractivity contribution in [3.05, 3.63) is 22.3 Å². The summed E-state index contributed by atoms with van der Waals surface area (Å²) < 4.78 is 22.8. The fraction of sp³-hybridized carbons (Fsp3) is 0.750. The van der Waals surface area contributed by atoms with Crippen LogP contribution in [0.3, 0.4) is 0 Å². The number of aliphatic imine (C=N–C) groups is 2. The van der Waals surface area contributed by atoms with Crippen LogP contribution in [-0.2, 0) is 51.3 Å². The third-order valence-electron chi connectivity index (χ3n) is 9.12. The Morgan fingerprint density at radius 3 is 1.14 bits per heavy atom. The molecule has 1 aromatic carbocycles. The lowest BCUT2D eigenvalue weighted by Crippen LogP contribution is -2.25. The molecule has 0 heterocycles. The molecule has 0 unspecified atom stereocenters. The number of esters is 2. The molecule has 0 aromatic heterocycles. The second kappa shape index (κ2) is 28.5. The van der Waals surface area contributed by atoms with Crippen LogP contribution in [-0.4, -0.2) is 49.5 Å². The van der Waals surface area contributed by atoms with Crippen molar-refractivity contribution in [2.45, 2.75) is 183 Å². The minimum atomic E-state index is -0.859. The molecule has 1 rings (SSSR count). The maximum Gasteiger partial charge on any atom is 0.334 e. The second-order valence-electron chi connectivity index (χ2n) is 13.2. The maximum absolute atomic E-state index is 12.7. The first kappa shape index (κ1) is 44.9. The van der Waals surface area contributed by atoms with Crippen molar-refractivity contribution in [3.8, 4) is 0 Å². The molecule has 0 spiro atoms. The van der Waals surface area contributed by atoms with Crippen molar-refractivity contribution >= 4 is 35.5 Å². The normalized spacial score (nSPS) is 12.1. The zero-order valence-electron chi connectivity index (χ0n) is 31.9. The predicted molar refractivity (Wildman–Crippen MR) is 196 cm³/mol. The maximum atomic E-state index is 12.7. The lowest BCUT2D eigenvalue weighted by Gasteiger charge is -2.22. The Kier molecular flexibility index (Phi) is 25.6. The molecule has 0 fully saturated rings. The quantitative estimate of drug-likeness (QED) is 0.0335. The van der Waals surface area contributed by atoms with Crippen molar-refractivity contribution in [1.29, 1.82) is 0 Å². The fourth-order valence-corrected chi connectivity index (χ4v) is 5.81. The average molecular weight is 701 g/mol. The number of carbonyl (C=O) groups excluding carboxylic acids is 4. The van der Waals surface area contributed by atoms with E-state index in [1.807, 2.05) is 0 Å². The molecule has 10 heteroatoms. The molecular weight excluding hydrogens is 636 g/mol. The van der Waals surface area contributed by atoms with E-state index in [1.165, 1.54) is 89.2 Å². The largest absolute Gasteiger partial charge is 0.464 e. The third-order valence-corrected chi connectivity index (χ3v) is 9.12. The van der Waals surface area contributed by atoms with Crippen molar-refractivity contribution in [3.63, 3.8) is 0 Å². The van der Waals surface area contributed by atoms with Gasteiger partial charge < -0.3 is 18.9 Å². The van der Waals surface area contributed by atoms with Crippen LogP contribution in [0.2, 0.25) is 0 Å². The zero-order chi connectivity index (χ0) is 37.0. The van der Waals surface area contributed by atoms with Gasteiger partial charge in [-0.15, -0.1) is 0 Å². The minimum absolute atomic E-state index is 0.0381. The minimum Gasteiger partial charge on any atom is -0.464 e. The van der Waals surface area contributed by atoms with Gasteiger partial charge in [-0.2, -0.15) is 9.98 Å². The van der Waals surface area contributed by atoms with Crippen LogP contribution in [0.15, 0.2) is 9.98 Å². The Bertz CT molecular complexity index is 1130. The molecule has 282 valence electrons. The van der Waals surface area contributed by atoms with E-state index in [0.717, 1.165) is 38.5 Å². The first-order chi connectivity index (χ1) is 24.2. The lowest BCUT2D eigenvalue weighted by molar-refractivity contribution is -0.158. The highest BCUT2D eigenvalue weighted by atomic mass is 16.6. The van der Waals surface area contributed by atoms with E-state index in [2.05, 4.69) is 23.8 Å². The van der Waals surface area contributed by atoms with Crippen molar-refractivity contribution < 1.29 is 38.1 Å². The van der Waals surface area contributed by atoms with Crippen LogP contribution < -0.4 is 0 Å². The Hall–Kier alpha value is -3.16. The van der Waals surface area contributed by atoms with E-state index in [1.54, 1.807) is 27.7 Å². The summed E-state index contributed by atoms with van der Waals surface area (Å²) in [6.07, 6.45) is 22.4. The van der Waals surface area contributed by atoms with Gasteiger partial charge in [0.05, 0.1) is 26.4 Å². The number of hydrogen-bond acceptors (Lipinski definition) is 10. The molecule has 0 amide bonds. The topological polar surface area (TPSA) is 130 Å². The summed E-state index contributed by atoms with van der Waals surface area (Å²) in [5.74, 6) is -0.929. The third kappa shape index (κ3) is 18.2. The van der Waals surface area contributed by atoms with Gasteiger partial charge in [0.2, 0.25) is 12.2 Å². The molecular formula is C40H64N2O8. The van der Waals surface area contributed by atoms with Crippen LogP contribution in [0, 0.1) is 13.8 Å². The van der Waals surface area contributed by atoms with E-state index in [0.29, 0.717) is 35.5 Å². The van der Waals surface area contributed by atoms with Gasteiger partial charge >= 0.3 is 11.9 Å². The number of nitrogens with zero attached hydrogens (tertiary/aromatic N) is 2. The number of carbonyl (C=O) groups is 2. The Morgan fingerprint density at radius 2 is 0.840 bits per heavy atom. The van der Waals surface area contributed by atoms with Crippen molar-refractivity contribution in [1.82, 2.24) is 0 Å². The SMILES string of the molecule is CCCCCCCCCCCOC(=O)[C@H](C)OCc1c(C)c(N=C=O)c(N=C=O)c(C)c1CO[C@@H](C)C(=O)OCCCCCCCCCCC. The Labute approximate surface area is 301 Å². The van der Waals surface area contributed by atoms with E-state index in [4.69, 9.17) is 18.9 Å². The number of ether oxygens (including phenoxy) is 4. The fourth-order valence-electron chi connectivity index (χ4n) is 5.81. The molecule has 50 heavy (non-hydrogen) atoms. The number of unbranched alkanes of at least 4 members (excludes halogenated alkanes) is 16. The summed E-state index contributed by atoms with van der Waals surface area (Å²) in [5.41, 5.74) is 2.49. The zero-order valence-corrected chi connectivity index (χ0v) is 31.9. The van der Waals surface area contributed by atoms with E-state index >= 15 is 0 Å². The predicted octanol–water partition coefficient (Wildman–Crippen LogP) is 10.2. The van der Waals surface area contributed by atoms with E-state index in [-0.39, 0.29) is 24.6 Å². The lowest BCUT2D eigenvalue weighted by atomic mass is 9.94. The molecule has 10 nitrogen and oxygen atoms in total. The van der Waals surface area contributed by atoms with E-state index in [9.17, 15) is 19.2 Å². The monoisotopic (exact) mass is 700 g/mol. The van der Waals surface area contributed by atoms with Gasteiger partial charge in [-0.05, 0) is 62.8 Å². The molecule has 2 atom stereocenters. The van der Waals surface area contributed by atoms with Crippen LogP contribution in [0.4, 0.5) is 11.4 Å². The molecule has 0 N–H and O–H groups in total. The summed E-state index contributed by atoms with van der Waals surface area (Å²) in [4.78, 5) is 55.5. The second-order valence-corrected chi connectivity index (χ2v) is 13.2.